The largest absolute Gasteiger partial charge is 0.490 e. The van der Waals surface area contributed by atoms with Gasteiger partial charge in [-0.05, 0) is 55.3 Å². The van der Waals surface area contributed by atoms with E-state index in [-0.39, 0.29) is 22.0 Å². The van der Waals surface area contributed by atoms with Gasteiger partial charge in [0.2, 0.25) is 0 Å². The molecule has 0 aromatic heterocycles. The first-order valence-corrected chi connectivity index (χ1v) is 11.0. The molecule has 0 radical (unpaired) electrons. The van der Waals surface area contributed by atoms with Gasteiger partial charge in [-0.25, -0.2) is 0 Å². The topological polar surface area (TPSA) is 114 Å². The van der Waals surface area contributed by atoms with E-state index in [1.165, 1.54) is 18.2 Å². The summed E-state index contributed by atoms with van der Waals surface area (Å²) >= 11 is 5.80. The zero-order valence-corrected chi connectivity index (χ0v) is 19.8. The van der Waals surface area contributed by atoms with Gasteiger partial charge in [-0.3, -0.25) is 14.9 Å². The van der Waals surface area contributed by atoms with Crippen LogP contribution in [0, 0.1) is 28.4 Å². The van der Waals surface area contributed by atoms with Crippen molar-refractivity contribution in [1.29, 1.82) is 5.26 Å². The molecule has 0 heterocycles. The van der Waals surface area contributed by atoms with E-state index in [1.54, 1.807) is 18.2 Å². The van der Waals surface area contributed by atoms with E-state index in [9.17, 15) is 20.2 Å². The van der Waals surface area contributed by atoms with Gasteiger partial charge in [0.05, 0.1) is 11.5 Å². The second kappa shape index (κ2) is 11.7. The third-order valence-electron chi connectivity index (χ3n) is 4.86. The van der Waals surface area contributed by atoms with Crippen molar-refractivity contribution in [3.05, 3.63) is 98.1 Å². The second-order valence-electron chi connectivity index (χ2n) is 7.46. The van der Waals surface area contributed by atoms with Crippen LogP contribution in [0.3, 0.4) is 0 Å². The predicted octanol–water partition coefficient (Wildman–Crippen LogP) is 6.08. The van der Waals surface area contributed by atoms with Crippen molar-refractivity contribution in [2.75, 3.05) is 11.9 Å². The molecule has 1 N–H and O–H groups in total. The summed E-state index contributed by atoms with van der Waals surface area (Å²) in [5, 5.41) is 23.0. The summed E-state index contributed by atoms with van der Waals surface area (Å²) < 4.78 is 11.6. The third-order valence-corrected chi connectivity index (χ3v) is 5.18. The van der Waals surface area contributed by atoms with Crippen LogP contribution in [0.2, 0.25) is 5.02 Å². The lowest BCUT2D eigenvalue weighted by molar-refractivity contribution is -0.384. The highest BCUT2D eigenvalue weighted by atomic mass is 35.5. The lowest BCUT2D eigenvalue weighted by Gasteiger charge is -2.13. The van der Waals surface area contributed by atoms with E-state index in [4.69, 9.17) is 21.1 Å². The fourth-order valence-electron chi connectivity index (χ4n) is 3.09. The van der Waals surface area contributed by atoms with E-state index >= 15 is 0 Å². The number of nitro groups is 1. The van der Waals surface area contributed by atoms with Crippen LogP contribution in [0.25, 0.3) is 6.08 Å². The van der Waals surface area contributed by atoms with E-state index < -0.39 is 10.8 Å². The number of rotatable bonds is 9. The molecular formula is C26H22ClN3O5. The van der Waals surface area contributed by atoms with Gasteiger partial charge >= 0.3 is 0 Å². The molecule has 0 unspecified atom stereocenters. The van der Waals surface area contributed by atoms with Crippen molar-refractivity contribution in [2.24, 2.45) is 0 Å². The number of anilines is 1. The van der Waals surface area contributed by atoms with E-state index in [2.05, 4.69) is 5.32 Å². The van der Waals surface area contributed by atoms with Crippen molar-refractivity contribution in [3.63, 3.8) is 0 Å². The maximum Gasteiger partial charge on any atom is 0.289 e. The summed E-state index contributed by atoms with van der Waals surface area (Å²) in [7, 11) is 0. The highest BCUT2D eigenvalue weighted by molar-refractivity contribution is 6.32. The van der Waals surface area contributed by atoms with Crippen molar-refractivity contribution in [1.82, 2.24) is 0 Å². The van der Waals surface area contributed by atoms with Crippen LogP contribution in [0.15, 0.2) is 66.2 Å². The highest BCUT2D eigenvalue weighted by Gasteiger charge is 2.16. The van der Waals surface area contributed by atoms with Crippen LogP contribution in [0.5, 0.6) is 11.5 Å². The van der Waals surface area contributed by atoms with Gasteiger partial charge in [0.25, 0.3) is 11.6 Å². The normalized spacial score (nSPS) is 10.9. The highest BCUT2D eigenvalue weighted by Crippen LogP contribution is 2.31. The predicted molar refractivity (Wildman–Crippen MR) is 133 cm³/mol. The van der Waals surface area contributed by atoms with E-state index in [1.807, 2.05) is 44.2 Å². The van der Waals surface area contributed by atoms with Gasteiger partial charge in [-0.15, -0.1) is 0 Å². The number of carbonyl (C=O) groups excluding carboxylic acids is 1. The summed E-state index contributed by atoms with van der Waals surface area (Å²) in [6.07, 6.45) is 1.39. The van der Waals surface area contributed by atoms with Crippen molar-refractivity contribution in [2.45, 2.75) is 20.5 Å². The summed E-state index contributed by atoms with van der Waals surface area (Å²) in [4.78, 5) is 23.0. The molecule has 3 rings (SSSR count). The average Bonchev–Trinajstić information content (AvgIpc) is 2.84. The molecule has 0 aliphatic heterocycles. The van der Waals surface area contributed by atoms with Gasteiger partial charge in [-0.1, -0.05) is 47.5 Å². The molecule has 0 saturated carbocycles. The van der Waals surface area contributed by atoms with Gasteiger partial charge in [0.15, 0.2) is 11.5 Å². The first-order valence-electron chi connectivity index (χ1n) is 10.6. The smallest absolute Gasteiger partial charge is 0.289 e. The number of amides is 1. The Morgan fingerprint density at radius 2 is 1.86 bits per heavy atom. The molecule has 8 nitrogen and oxygen atoms in total. The van der Waals surface area contributed by atoms with Gasteiger partial charge in [0, 0.05) is 11.8 Å². The number of halogens is 1. The van der Waals surface area contributed by atoms with Gasteiger partial charge < -0.3 is 14.8 Å². The molecule has 0 aliphatic rings. The molecule has 0 bridgehead atoms. The Kier molecular flexibility index (Phi) is 8.43. The molecule has 0 fully saturated rings. The molecule has 3 aromatic rings. The average molecular weight is 492 g/mol. The lowest BCUT2D eigenvalue weighted by atomic mass is 10.1. The summed E-state index contributed by atoms with van der Waals surface area (Å²) in [6, 6.07) is 18.8. The molecule has 9 heteroatoms. The quantitative estimate of drug-likeness (QED) is 0.168. The number of carbonyl (C=O) groups is 1. The Balaban J connectivity index is 1.79. The number of benzene rings is 3. The molecule has 0 spiro atoms. The number of aryl methyl sites for hydroxylation is 1. The minimum Gasteiger partial charge on any atom is -0.490 e. The third kappa shape index (κ3) is 6.82. The number of nitrogens with zero attached hydrogens (tertiary/aromatic N) is 2. The second-order valence-corrected chi connectivity index (χ2v) is 7.87. The Morgan fingerprint density at radius 1 is 1.11 bits per heavy atom. The fraction of sp³-hybridized carbons (Fsp3) is 0.154. The van der Waals surface area contributed by atoms with Gasteiger partial charge in [0.1, 0.15) is 23.3 Å². The van der Waals surface area contributed by atoms with Crippen LogP contribution >= 0.6 is 11.6 Å². The maximum absolute atomic E-state index is 12.6. The molecule has 0 aliphatic carbocycles. The van der Waals surface area contributed by atoms with Crippen LogP contribution in [-0.4, -0.2) is 17.4 Å². The van der Waals surface area contributed by atoms with Crippen LogP contribution in [0.4, 0.5) is 11.4 Å². The van der Waals surface area contributed by atoms with E-state index in [0.717, 1.165) is 17.2 Å². The fourth-order valence-corrected chi connectivity index (χ4v) is 3.28. The van der Waals surface area contributed by atoms with Crippen molar-refractivity contribution in [3.8, 4) is 17.6 Å². The van der Waals surface area contributed by atoms with Gasteiger partial charge in [-0.2, -0.15) is 5.26 Å². The Labute approximate surface area is 207 Å². The number of nitriles is 1. The van der Waals surface area contributed by atoms with Crippen LogP contribution in [0.1, 0.15) is 23.6 Å². The summed E-state index contributed by atoms with van der Waals surface area (Å²) in [6.45, 7) is 4.61. The number of hydrogen-bond acceptors (Lipinski definition) is 6. The van der Waals surface area contributed by atoms with Crippen LogP contribution < -0.4 is 14.8 Å². The number of ether oxygens (including phenoxy) is 2. The summed E-state index contributed by atoms with van der Waals surface area (Å²) in [5.41, 5.74) is 2.30. The molecule has 0 saturated heterocycles. The minimum atomic E-state index is -0.721. The standard InChI is InChI=1S/C26H22ClN3O5/c1-3-34-25-13-19(8-11-24(25)35-16-18-6-4-17(2)5-7-18)12-20(15-28)26(31)29-21-9-10-22(27)23(14-21)30(32)33/h4-14H,3,16H2,1-2H3,(H,29,31)/b20-12+. The molecule has 35 heavy (non-hydrogen) atoms. The number of hydrogen-bond donors (Lipinski definition) is 1. The monoisotopic (exact) mass is 491 g/mol. The first-order chi connectivity index (χ1) is 16.8. The molecule has 1 amide bonds. The Hall–Kier alpha value is -4.35. The minimum absolute atomic E-state index is 0.0582. The number of nitrogens with one attached hydrogen (secondary N) is 1. The van der Waals surface area contributed by atoms with E-state index in [0.29, 0.717) is 30.3 Å². The Morgan fingerprint density at radius 3 is 2.51 bits per heavy atom. The Bertz CT molecular complexity index is 1310. The molecule has 3 aromatic carbocycles. The zero-order chi connectivity index (χ0) is 25.4. The lowest BCUT2D eigenvalue weighted by Crippen LogP contribution is -2.13. The maximum atomic E-state index is 12.6. The van der Waals surface area contributed by atoms with Crippen LogP contribution in [-0.2, 0) is 11.4 Å². The molecule has 0 atom stereocenters. The van der Waals surface area contributed by atoms with Crippen molar-refractivity contribution >= 4 is 35.0 Å². The molecular weight excluding hydrogens is 470 g/mol. The summed E-state index contributed by atoms with van der Waals surface area (Å²) in [5.74, 6) is 0.280. The zero-order valence-electron chi connectivity index (χ0n) is 19.1. The molecule has 178 valence electrons. The number of nitro benzene ring substituents is 1. The SMILES string of the molecule is CCOc1cc(/C=C(\C#N)C(=O)Nc2ccc(Cl)c([N+](=O)[O-])c2)ccc1OCc1ccc(C)cc1. The van der Waals surface area contributed by atoms with Crippen molar-refractivity contribution < 1.29 is 19.2 Å². The first kappa shape index (κ1) is 25.3.